The highest BCUT2D eigenvalue weighted by Gasteiger charge is 2.26. The van der Waals surface area contributed by atoms with Crippen LogP contribution < -0.4 is 5.32 Å². The monoisotopic (exact) mass is 419 g/mol. The fourth-order valence-electron chi connectivity index (χ4n) is 3.00. The predicted molar refractivity (Wildman–Crippen MR) is 106 cm³/mol. The topological polar surface area (TPSA) is 119 Å². The standard InChI is InChI=1S/C19H21N3O6S/c1-21(13-17-3-2-12-28-17)29(26,27)18-10-4-14(5-11-18)19(23)20-15-6-8-16(9-7-15)22(24)25/h4-11,17H,2-3,12-13H2,1H3,(H,20,23)/t17-/m1/s1. The second-order valence-corrected chi connectivity index (χ2v) is 8.75. The van der Waals surface area contributed by atoms with Gasteiger partial charge in [-0.3, -0.25) is 14.9 Å². The first-order valence-electron chi connectivity index (χ1n) is 9.01. The van der Waals surface area contributed by atoms with Gasteiger partial charge in [-0.05, 0) is 49.2 Å². The number of carbonyl (C=O) groups is 1. The van der Waals surface area contributed by atoms with Gasteiger partial charge in [0.05, 0.1) is 15.9 Å². The number of rotatable bonds is 7. The molecule has 0 unspecified atom stereocenters. The lowest BCUT2D eigenvalue weighted by Crippen LogP contribution is -2.34. The van der Waals surface area contributed by atoms with E-state index in [1.165, 1.54) is 59.9 Å². The molecule has 9 nitrogen and oxygen atoms in total. The number of amides is 1. The van der Waals surface area contributed by atoms with Crippen LogP contribution in [0.5, 0.6) is 0 Å². The molecule has 0 radical (unpaired) electrons. The maximum Gasteiger partial charge on any atom is 0.269 e. The smallest absolute Gasteiger partial charge is 0.269 e. The fraction of sp³-hybridized carbons (Fsp3) is 0.316. The maximum atomic E-state index is 12.7. The molecule has 0 bridgehead atoms. The van der Waals surface area contributed by atoms with Gasteiger partial charge < -0.3 is 10.1 Å². The first-order chi connectivity index (χ1) is 13.8. The van der Waals surface area contributed by atoms with Crippen molar-refractivity contribution in [2.45, 2.75) is 23.8 Å². The number of carbonyl (C=O) groups excluding carboxylic acids is 1. The minimum absolute atomic E-state index is 0.0790. The van der Waals surface area contributed by atoms with Gasteiger partial charge in [0.2, 0.25) is 10.0 Å². The Morgan fingerprint density at radius 2 is 1.86 bits per heavy atom. The highest BCUT2D eigenvalue weighted by molar-refractivity contribution is 7.89. The Morgan fingerprint density at radius 3 is 2.41 bits per heavy atom. The number of nitro benzene ring substituents is 1. The lowest BCUT2D eigenvalue weighted by atomic mass is 10.2. The molecule has 1 heterocycles. The van der Waals surface area contributed by atoms with Crippen molar-refractivity contribution < 1.29 is 22.9 Å². The third-order valence-electron chi connectivity index (χ3n) is 4.65. The summed E-state index contributed by atoms with van der Waals surface area (Å²) in [5, 5.41) is 13.3. The zero-order valence-electron chi connectivity index (χ0n) is 15.8. The van der Waals surface area contributed by atoms with Crippen molar-refractivity contribution in [2.24, 2.45) is 0 Å². The molecule has 0 aromatic heterocycles. The molecule has 2 aromatic carbocycles. The molecule has 1 aliphatic heterocycles. The predicted octanol–water partition coefficient (Wildman–Crippen LogP) is 2.65. The number of nitrogens with one attached hydrogen (secondary N) is 1. The Balaban J connectivity index is 1.66. The fourth-order valence-corrected chi connectivity index (χ4v) is 4.20. The van der Waals surface area contributed by atoms with Crippen LogP contribution in [-0.4, -0.2) is 49.9 Å². The van der Waals surface area contributed by atoms with Crippen molar-refractivity contribution in [3.05, 3.63) is 64.2 Å². The molecular weight excluding hydrogens is 398 g/mol. The molecule has 1 aliphatic rings. The largest absolute Gasteiger partial charge is 0.377 e. The van der Waals surface area contributed by atoms with Gasteiger partial charge in [-0.1, -0.05) is 0 Å². The molecule has 2 aromatic rings. The van der Waals surface area contributed by atoms with Crippen LogP contribution in [0.15, 0.2) is 53.4 Å². The lowest BCUT2D eigenvalue weighted by Gasteiger charge is -2.20. The summed E-state index contributed by atoms with van der Waals surface area (Å²) in [6, 6.07) is 11.0. The Kier molecular flexibility index (Phi) is 6.26. The normalized spacial score (nSPS) is 16.7. The van der Waals surface area contributed by atoms with Gasteiger partial charge in [0, 0.05) is 43.6 Å². The molecule has 0 aliphatic carbocycles. The summed E-state index contributed by atoms with van der Waals surface area (Å²) in [4.78, 5) is 22.6. The average molecular weight is 419 g/mol. The second-order valence-electron chi connectivity index (χ2n) is 6.70. The Bertz CT molecular complexity index is 984. The van der Waals surface area contributed by atoms with E-state index >= 15 is 0 Å². The summed E-state index contributed by atoms with van der Waals surface area (Å²) in [5.41, 5.74) is 0.586. The molecule has 0 saturated carbocycles. The highest BCUT2D eigenvalue weighted by Crippen LogP contribution is 2.20. The Hall–Kier alpha value is -2.82. The van der Waals surface area contributed by atoms with Gasteiger partial charge in [0.25, 0.3) is 11.6 Å². The van der Waals surface area contributed by atoms with Crippen LogP contribution in [0.2, 0.25) is 0 Å². The Morgan fingerprint density at radius 1 is 1.21 bits per heavy atom. The van der Waals surface area contributed by atoms with E-state index in [0.717, 1.165) is 12.8 Å². The number of ether oxygens (including phenoxy) is 1. The summed E-state index contributed by atoms with van der Waals surface area (Å²) >= 11 is 0. The minimum Gasteiger partial charge on any atom is -0.377 e. The lowest BCUT2D eigenvalue weighted by molar-refractivity contribution is -0.384. The van der Waals surface area contributed by atoms with E-state index in [1.54, 1.807) is 0 Å². The third-order valence-corrected chi connectivity index (χ3v) is 6.48. The van der Waals surface area contributed by atoms with Gasteiger partial charge in [-0.25, -0.2) is 8.42 Å². The number of sulfonamides is 1. The number of likely N-dealkylation sites (N-methyl/N-ethyl adjacent to an activating group) is 1. The van der Waals surface area contributed by atoms with Crippen LogP contribution in [0, 0.1) is 10.1 Å². The van der Waals surface area contributed by atoms with Crippen LogP contribution >= 0.6 is 0 Å². The van der Waals surface area contributed by atoms with Crippen molar-refractivity contribution >= 4 is 27.3 Å². The minimum atomic E-state index is -3.68. The molecule has 1 atom stereocenters. The summed E-state index contributed by atoms with van der Waals surface area (Å²) in [5.74, 6) is -0.449. The summed E-state index contributed by atoms with van der Waals surface area (Å²) in [6.07, 6.45) is 1.67. The zero-order chi connectivity index (χ0) is 21.0. The molecule has 0 spiro atoms. The summed E-state index contributed by atoms with van der Waals surface area (Å²) in [7, 11) is -2.18. The molecule has 3 rings (SSSR count). The molecule has 154 valence electrons. The van der Waals surface area contributed by atoms with E-state index in [0.29, 0.717) is 12.3 Å². The van der Waals surface area contributed by atoms with Gasteiger partial charge in [0.1, 0.15) is 0 Å². The van der Waals surface area contributed by atoms with E-state index in [1.807, 2.05) is 0 Å². The quantitative estimate of drug-likeness (QED) is 0.544. The van der Waals surface area contributed by atoms with Gasteiger partial charge in [-0.15, -0.1) is 0 Å². The molecule has 1 amide bonds. The van der Waals surface area contributed by atoms with Crippen LogP contribution in [0.25, 0.3) is 0 Å². The number of hydrogen-bond donors (Lipinski definition) is 1. The van der Waals surface area contributed by atoms with Gasteiger partial charge in [0.15, 0.2) is 0 Å². The van der Waals surface area contributed by atoms with Crippen molar-refractivity contribution in [1.29, 1.82) is 0 Å². The highest BCUT2D eigenvalue weighted by atomic mass is 32.2. The first-order valence-corrected chi connectivity index (χ1v) is 10.5. The van der Waals surface area contributed by atoms with E-state index < -0.39 is 20.9 Å². The first kappa shape index (κ1) is 20.9. The van der Waals surface area contributed by atoms with Gasteiger partial charge in [-0.2, -0.15) is 4.31 Å². The van der Waals surface area contributed by atoms with E-state index in [-0.39, 0.29) is 28.8 Å². The van der Waals surface area contributed by atoms with E-state index in [9.17, 15) is 23.3 Å². The molecule has 1 fully saturated rings. The number of nitrogens with zero attached hydrogens (tertiary/aromatic N) is 2. The van der Waals surface area contributed by atoms with Crippen molar-refractivity contribution in [1.82, 2.24) is 4.31 Å². The van der Waals surface area contributed by atoms with Gasteiger partial charge >= 0.3 is 0 Å². The number of anilines is 1. The molecular formula is C19H21N3O6S. The van der Waals surface area contributed by atoms with Crippen molar-refractivity contribution in [3.63, 3.8) is 0 Å². The second kappa shape index (κ2) is 8.68. The maximum absolute atomic E-state index is 12.7. The summed E-state index contributed by atoms with van der Waals surface area (Å²) in [6.45, 7) is 0.932. The van der Waals surface area contributed by atoms with Crippen LogP contribution in [-0.2, 0) is 14.8 Å². The number of benzene rings is 2. The van der Waals surface area contributed by atoms with E-state index in [2.05, 4.69) is 5.32 Å². The number of hydrogen-bond acceptors (Lipinski definition) is 6. The molecule has 1 saturated heterocycles. The Labute approximate surface area is 168 Å². The number of nitro groups is 1. The van der Waals surface area contributed by atoms with Crippen LogP contribution in [0.1, 0.15) is 23.2 Å². The zero-order valence-corrected chi connectivity index (χ0v) is 16.6. The SMILES string of the molecule is CN(C[C@H]1CCCO1)S(=O)(=O)c1ccc(C(=O)Nc2ccc([N+](=O)[O-])cc2)cc1. The third kappa shape index (κ3) is 4.97. The number of non-ortho nitro benzene ring substituents is 1. The summed E-state index contributed by atoms with van der Waals surface area (Å²) < 4.78 is 32.1. The van der Waals surface area contributed by atoms with Crippen molar-refractivity contribution in [2.75, 3.05) is 25.5 Å². The molecule has 1 N–H and O–H groups in total. The van der Waals surface area contributed by atoms with E-state index in [4.69, 9.17) is 4.74 Å². The van der Waals surface area contributed by atoms with Crippen LogP contribution in [0.3, 0.4) is 0 Å². The molecule has 10 heteroatoms. The van der Waals surface area contributed by atoms with Crippen LogP contribution in [0.4, 0.5) is 11.4 Å². The molecule has 29 heavy (non-hydrogen) atoms. The van der Waals surface area contributed by atoms with Crippen molar-refractivity contribution in [3.8, 4) is 0 Å². The average Bonchev–Trinajstić information content (AvgIpc) is 3.21.